The van der Waals surface area contributed by atoms with Crippen LogP contribution in [0.1, 0.15) is 31.9 Å². The van der Waals surface area contributed by atoms with Crippen LogP contribution in [0.2, 0.25) is 0 Å². The lowest BCUT2D eigenvalue weighted by Crippen LogP contribution is -2.20. The Morgan fingerprint density at radius 1 is 1.47 bits per heavy atom. The van der Waals surface area contributed by atoms with Gasteiger partial charge in [-0.05, 0) is 26.3 Å². The van der Waals surface area contributed by atoms with E-state index in [0.29, 0.717) is 13.0 Å². The number of aliphatic hydroxyl groups excluding tert-OH is 1. The second-order valence-corrected chi connectivity index (χ2v) is 5.20. The van der Waals surface area contributed by atoms with Crippen LogP contribution >= 0.6 is 0 Å². The van der Waals surface area contributed by atoms with Crippen molar-refractivity contribution in [3.63, 3.8) is 0 Å². The summed E-state index contributed by atoms with van der Waals surface area (Å²) in [4.78, 5) is 19.3. The van der Waals surface area contributed by atoms with Gasteiger partial charge in [-0.15, -0.1) is 0 Å². The maximum atomic E-state index is 11.9. The number of benzene rings is 1. The molecular formula is C14H17N3O2. The molecule has 1 aromatic carbocycles. The van der Waals surface area contributed by atoms with Crippen LogP contribution in [-0.2, 0) is 6.54 Å². The van der Waals surface area contributed by atoms with Gasteiger partial charge in [0.2, 0.25) is 0 Å². The van der Waals surface area contributed by atoms with E-state index in [-0.39, 0.29) is 11.7 Å². The molecule has 0 radical (unpaired) electrons. The number of para-hydroxylation sites is 1. The van der Waals surface area contributed by atoms with E-state index in [0.717, 1.165) is 22.3 Å². The third kappa shape index (κ3) is 1.90. The maximum Gasteiger partial charge on any atom is 0.326 e. The molecule has 3 rings (SSSR count). The van der Waals surface area contributed by atoms with Crippen molar-refractivity contribution in [2.24, 2.45) is 4.99 Å². The molecule has 5 heteroatoms. The van der Waals surface area contributed by atoms with Gasteiger partial charge in [0.1, 0.15) is 6.10 Å². The smallest absolute Gasteiger partial charge is 0.326 e. The molecular weight excluding hydrogens is 242 g/mol. The van der Waals surface area contributed by atoms with Crippen molar-refractivity contribution in [2.75, 3.05) is 0 Å². The van der Waals surface area contributed by atoms with Gasteiger partial charge in [0.25, 0.3) is 0 Å². The molecule has 0 amide bonds. The van der Waals surface area contributed by atoms with Gasteiger partial charge in [0, 0.05) is 17.8 Å². The number of hydrogen-bond acceptors (Lipinski definition) is 3. The number of nitrogens with one attached hydrogen (secondary N) is 1. The zero-order valence-electron chi connectivity index (χ0n) is 11.1. The van der Waals surface area contributed by atoms with E-state index in [2.05, 4.69) is 9.98 Å². The van der Waals surface area contributed by atoms with Crippen molar-refractivity contribution in [3.05, 3.63) is 34.2 Å². The first-order valence-corrected chi connectivity index (χ1v) is 6.48. The Morgan fingerprint density at radius 3 is 3.00 bits per heavy atom. The fraction of sp³-hybridized carbons (Fsp3) is 0.429. The molecule has 2 atom stereocenters. The average Bonchev–Trinajstić information content (AvgIpc) is 2.61. The normalized spacial score (nSPS) is 22.3. The molecule has 2 N–H and O–H groups in total. The minimum atomic E-state index is -0.664. The lowest BCUT2D eigenvalue weighted by Gasteiger charge is -2.17. The van der Waals surface area contributed by atoms with Crippen LogP contribution in [0.3, 0.4) is 0 Å². The predicted octanol–water partition coefficient (Wildman–Crippen LogP) is 1.62. The Hall–Kier alpha value is -1.88. The first-order chi connectivity index (χ1) is 9.08. The van der Waals surface area contributed by atoms with Crippen LogP contribution in [0.15, 0.2) is 28.0 Å². The van der Waals surface area contributed by atoms with Crippen molar-refractivity contribution in [1.29, 1.82) is 0 Å². The summed E-state index contributed by atoms with van der Waals surface area (Å²) in [6.45, 7) is 4.42. The average molecular weight is 259 g/mol. The Labute approximate surface area is 110 Å². The van der Waals surface area contributed by atoms with Gasteiger partial charge in [0.15, 0.2) is 0 Å². The zero-order valence-corrected chi connectivity index (χ0v) is 11.1. The molecule has 0 aliphatic carbocycles. The van der Waals surface area contributed by atoms with Gasteiger partial charge < -0.3 is 10.1 Å². The summed E-state index contributed by atoms with van der Waals surface area (Å²) in [5.74, 6) is 0. The predicted molar refractivity (Wildman–Crippen MR) is 74.7 cm³/mol. The zero-order chi connectivity index (χ0) is 13.6. The summed E-state index contributed by atoms with van der Waals surface area (Å²) >= 11 is 0. The summed E-state index contributed by atoms with van der Waals surface area (Å²) in [6, 6.07) is 5.40. The minimum Gasteiger partial charge on any atom is -0.386 e. The molecule has 2 heterocycles. The van der Waals surface area contributed by atoms with E-state index in [1.54, 1.807) is 4.57 Å². The van der Waals surface area contributed by atoms with Gasteiger partial charge in [-0.2, -0.15) is 0 Å². The van der Waals surface area contributed by atoms with Crippen LogP contribution in [0.25, 0.3) is 11.0 Å². The molecule has 1 aliphatic rings. The van der Waals surface area contributed by atoms with Crippen molar-refractivity contribution in [1.82, 2.24) is 9.55 Å². The van der Waals surface area contributed by atoms with Gasteiger partial charge in [0.05, 0.1) is 17.1 Å². The molecule has 0 saturated carbocycles. The minimum absolute atomic E-state index is 0.118. The fourth-order valence-corrected chi connectivity index (χ4v) is 2.79. The van der Waals surface area contributed by atoms with Crippen molar-refractivity contribution in [2.45, 2.75) is 39.0 Å². The van der Waals surface area contributed by atoms with Gasteiger partial charge in [-0.1, -0.05) is 12.1 Å². The highest BCUT2D eigenvalue weighted by atomic mass is 16.3. The number of nitrogens with zero attached hydrogens (tertiary/aromatic N) is 2. The van der Waals surface area contributed by atoms with Crippen LogP contribution in [0.5, 0.6) is 0 Å². The number of aliphatic hydroxyl groups is 1. The highest BCUT2D eigenvalue weighted by molar-refractivity contribution is 5.81. The molecule has 0 bridgehead atoms. The largest absolute Gasteiger partial charge is 0.386 e. The van der Waals surface area contributed by atoms with Crippen LogP contribution in [0.4, 0.5) is 0 Å². The Balaban J connectivity index is 2.22. The summed E-state index contributed by atoms with van der Waals surface area (Å²) in [7, 11) is 0. The van der Waals surface area contributed by atoms with E-state index in [1.807, 2.05) is 32.0 Å². The summed E-state index contributed by atoms with van der Waals surface area (Å²) in [6.07, 6.45) is -0.00370. The first kappa shape index (κ1) is 12.2. The number of rotatable bonds is 1. The third-order valence-electron chi connectivity index (χ3n) is 3.58. The van der Waals surface area contributed by atoms with Crippen LogP contribution in [0, 0.1) is 0 Å². The van der Waals surface area contributed by atoms with E-state index in [9.17, 15) is 9.90 Å². The molecule has 2 aromatic rings. The second kappa shape index (κ2) is 4.35. The quantitative estimate of drug-likeness (QED) is 0.764. The molecule has 0 fully saturated rings. The molecule has 1 unspecified atom stereocenters. The van der Waals surface area contributed by atoms with Gasteiger partial charge >= 0.3 is 5.69 Å². The standard InChI is InChI=1S/C14H17N3O2/c1-8(2)15-11-6-7-17-12-9(13(11)18)4-3-5-10(12)16-14(17)19/h3-5,11,13,18H,6-7H2,1-2H3,(H,16,19)/t11?,13-/m1/s1. The molecule has 1 aliphatic heterocycles. The summed E-state index contributed by atoms with van der Waals surface area (Å²) < 4.78 is 1.70. The monoisotopic (exact) mass is 259 g/mol. The van der Waals surface area contributed by atoms with Gasteiger partial charge in [-0.3, -0.25) is 9.56 Å². The second-order valence-electron chi connectivity index (χ2n) is 5.20. The van der Waals surface area contributed by atoms with E-state index >= 15 is 0 Å². The molecule has 0 spiro atoms. The van der Waals surface area contributed by atoms with Crippen molar-refractivity contribution >= 4 is 16.7 Å². The third-order valence-corrected chi connectivity index (χ3v) is 3.58. The number of aromatic amines is 1. The number of imidazole rings is 1. The summed E-state index contributed by atoms with van der Waals surface area (Å²) in [5.41, 5.74) is 3.19. The highest BCUT2D eigenvalue weighted by Gasteiger charge is 2.27. The number of hydrogen-bond donors (Lipinski definition) is 2. The number of aromatic nitrogens is 2. The number of H-pyrrole nitrogens is 1. The Kier molecular flexibility index (Phi) is 2.78. The fourth-order valence-electron chi connectivity index (χ4n) is 2.79. The van der Waals surface area contributed by atoms with Crippen LogP contribution < -0.4 is 5.69 Å². The van der Waals surface area contributed by atoms with E-state index < -0.39 is 6.10 Å². The highest BCUT2D eigenvalue weighted by Crippen LogP contribution is 2.31. The molecule has 0 saturated heterocycles. The van der Waals surface area contributed by atoms with Crippen molar-refractivity contribution < 1.29 is 5.11 Å². The van der Waals surface area contributed by atoms with Gasteiger partial charge in [-0.25, -0.2) is 4.79 Å². The number of aliphatic imine (C=N–C) groups is 1. The molecule has 5 nitrogen and oxygen atoms in total. The van der Waals surface area contributed by atoms with Crippen molar-refractivity contribution in [3.8, 4) is 0 Å². The molecule has 19 heavy (non-hydrogen) atoms. The lowest BCUT2D eigenvalue weighted by atomic mass is 10.0. The maximum absolute atomic E-state index is 11.9. The van der Waals surface area contributed by atoms with E-state index in [4.69, 9.17) is 0 Å². The topological polar surface area (TPSA) is 70.4 Å². The number of aryl methyl sites for hydroxylation is 1. The molecule has 100 valence electrons. The Bertz CT molecular complexity index is 707. The first-order valence-electron chi connectivity index (χ1n) is 6.48. The Morgan fingerprint density at radius 2 is 2.26 bits per heavy atom. The SMILES string of the molecule is CC(C)=NC1CCn2c(=O)[nH]c3cccc(c32)[C@H]1O. The summed E-state index contributed by atoms with van der Waals surface area (Å²) in [5, 5.41) is 10.5. The van der Waals surface area contributed by atoms with Crippen LogP contribution in [-0.4, -0.2) is 26.4 Å². The molecule has 1 aromatic heterocycles. The lowest BCUT2D eigenvalue weighted by molar-refractivity contribution is 0.145. The van der Waals surface area contributed by atoms with E-state index in [1.165, 1.54) is 0 Å².